The topological polar surface area (TPSA) is 30.7 Å². The molecule has 7 heteroatoms. The van der Waals surface area contributed by atoms with Crippen molar-refractivity contribution in [2.75, 3.05) is 0 Å². The maximum Gasteiger partial charge on any atom is 0.453 e. The smallest absolute Gasteiger partial charge is 0.217 e. The third kappa shape index (κ3) is 2.27. The van der Waals surface area contributed by atoms with E-state index >= 15 is 0 Å². The lowest BCUT2D eigenvalue weighted by atomic mass is 10.2. The van der Waals surface area contributed by atoms with Crippen molar-refractivity contribution < 1.29 is 17.6 Å². The number of rotatable bonds is 1. The normalized spacial score (nSPS) is 11.8. The summed E-state index contributed by atoms with van der Waals surface area (Å²) in [5.74, 6) is -1.94. The van der Waals surface area contributed by atoms with Gasteiger partial charge in [0.1, 0.15) is 17.8 Å². The predicted octanol–water partition coefficient (Wildman–Crippen LogP) is 2.73. The molecule has 0 saturated heterocycles. The van der Waals surface area contributed by atoms with Gasteiger partial charge in [-0.2, -0.15) is 13.2 Å². The van der Waals surface area contributed by atoms with E-state index in [-0.39, 0.29) is 5.69 Å². The molecule has 0 atom stereocenters. The van der Waals surface area contributed by atoms with Gasteiger partial charge in [-0.3, -0.25) is 0 Å². The maximum absolute atomic E-state index is 13.5. The number of aryl methyl sites for hydroxylation is 1. The second-order valence-corrected chi connectivity index (χ2v) is 3.47. The van der Waals surface area contributed by atoms with Gasteiger partial charge >= 0.3 is 6.18 Å². The summed E-state index contributed by atoms with van der Waals surface area (Å²) < 4.78 is 51.0. The van der Waals surface area contributed by atoms with Crippen molar-refractivity contribution in [3.05, 3.63) is 41.7 Å². The first-order valence-corrected chi connectivity index (χ1v) is 4.63. The lowest BCUT2D eigenvalue weighted by Crippen LogP contribution is -2.09. The standard InChI is InChI=1S/C10H7F4N3/c1-6-2-3-8(7(11)4-6)17-5-15-9(16-17)10(12,13)14/h2-5H,1H3. The molecule has 90 valence electrons. The van der Waals surface area contributed by atoms with Gasteiger partial charge in [0.2, 0.25) is 0 Å². The first-order chi connectivity index (χ1) is 7.88. The maximum atomic E-state index is 13.5. The molecule has 1 aromatic carbocycles. The molecule has 0 spiro atoms. The molecule has 0 N–H and O–H groups in total. The van der Waals surface area contributed by atoms with Gasteiger partial charge in [0.25, 0.3) is 5.82 Å². The first kappa shape index (κ1) is 11.6. The van der Waals surface area contributed by atoms with E-state index < -0.39 is 17.8 Å². The molecule has 0 radical (unpaired) electrons. The van der Waals surface area contributed by atoms with Gasteiger partial charge in [-0.1, -0.05) is 6.07 Å². The molecule has 0 aliphatic heterocycles. The highest BCUT2D eigenvalue weighted by Gasteiger charge is 2.36. The molecule has 0 aliphatic rings. The van der Waals surface area contributed by atoms with Crippen LogP contribution in [0.4, 0.5) is 17.6 Å². The summed E-state index contributed by atoms with van der Waals surface area (Å²) in [6, 6.07) is 4.14. The van der Waals surface area contributed by atoms with Crippen LogP contribution in [0.25, 0.3) is 5.69 Å². The fraction of sp³-hybridized carbons (Fsp3) is 0.200. The Labute approximate surface area is 93.7 Å². The predicted molar refractivity (Wildman–Crippen MR) is 51.1 cm³/mol. The minimum atomic E-state index is -4.63. The summed E-state index contributed by atoms with van der Waals surface area (Å²) in [5, 5.41) is 3.18. The van der Waals surface area contributed by atoms with Crippen LogP contribution in [0.15, 0.2) is 24.5 Å². The number of alkyl halides is 3. The van der Waals surface area contributed by atoms with Crippen molar-refractivity contribution in [1.82, 2.24) is 14.8 Å². The SMILES string of the molecule is Cc1ccc(-n2cnc(C(F)(F)F)n2)c(F)c1. The molecule has 1 heterocycles. The number of halogens is 4. The van der Waals surface area contributed by atoms with Gasteiger partial charge < -0.3 is 0 Å². The van der Waals surface area contributed by atoms with E-state index in [9.17, 15) is 17.6 Å². The summed E-state index contributed by atoms with van der Waals surface area (Å²) in [6.07, 6.45) is -3.80. The molecule has 0 amide bonds. The van der Waals surface area contributed by atoms with E-state index in [0.717, 1.165) is 11.0 Å². The molecule has 2 rings (SSSR count). The molecular formula is C10H7F4N3. The quantitative estimate of drug-likeness (QED) is 0.723. The Bertz CT molecular complexity index is 545. The highest BCUT2D eigenvalue weighted by molar-refractivity contribution is 5.34. The number of hydrogen-bond donors (Lipinski definition) is 0. The zero-order chi connectivity index (χ0) is 12.6. The Kier molecular flexibility index (Phi) is 2.60. The molecule has 17 heavy (non-hydrogen) atoms. The lowest BCUT2D eigenvalue weighted by molar-refractivity contribution is -0.144. The Morgan fingerprint density at radius 1 is 1.24 bits per heavy atom. The highest BCUT2D eigenvalue weighted by Crippen LogP contribution is 2.26. The second kappa shape index (κ2) is 3.83. The molecule has 0 aliphatic carbocycles. The zero-order valence-corrected chi connectivity index (χ0v) is 8.66. The van der Waals surface area contributed by atoms with Crippen molar-refractivity contribution in [2.24, 2.45) is 0 Å². The van der Waals surface area contributed by atoms with Gasteiger partial charge in [-0.15, -0.1) is 5.10 Å². The summed E-state index contributed by atoms with van der Waals surface area (Å²) in [6.45, 7) is 1.68. The summed E-state index contributed by atoms with van der Waals surface area (Å²) in [7, 11) is 0. The number of benzene rings is 1. The van der Waals surface area contributed by atoms with Crippen LogP contribution in [0.1, 0.15) is 11.4 Å². The average Bonchev–Trinajstić information content (AvgIpc) is 2.65. The van der Waals surface area contributed by atoms with Gasteiger partial charge in [-0.25, -0.2) is 14.1 Å². The number of aromatic nitrogens is 3. The van der Waals surface area contributed by atoms with Gasteiger partial charge in [0.05, 0.1) is 0 Å². The van der Waals surface area contributed by atoms with E-state index in [4.69, 9.17) is 0 Å². The first-order valence-electron chi connectivity index (χ1n) is 4.63. The van der Waals surface area contributed by atoms with Gasteiger partial charge in [-0.05, 0) is 24.6 Å². The van der Waals surface area contributed by atoms with Crippen LogP contribution >= 0.6 is 0 Å². The van der Waals surface area contributed by atoms with E-state index in [1.165, 1.54) is 12.1 Å². The van der Waals surface area contributed by atoms with Crippen LogP contribution in [0, 0.1) is 12.7 Å². The average molecular weight is 245 g/mol. The largest absolute Gasteiger partial charge is 0.453 e. The van der Waals surface area contributed by atoms with Crippen molar-refractivity contribution in [2.45, 2.75) is 13.1 Å². The van der Waals surface area contributed by atoms with E-state index in [1.54, 1.807) is 13.0 Å². The van der Waals surface area contributed by atoms with Crippen LogP contribution in [0.5, 0.6) is 0 Å². The molecule has 3 nitrogen and oxygen atoms in total. The molecule has 0 fully saturated rings. The zero-order valence-electron chi connectivity index (χ0n) is 8.66. The van der Waals surface area contributed by atoms with Gasteiger partial charge in [0.15, 0.2) is 0 Å². The van der Waals surface area contributed by atoms with Crippen LogP contribution in [-0.4, -0.2) is 14.8 Å². The van der Waals surface area contributed by atoms with Crippen LogP contribution in [-0.2, 0) is 6.18 Å². The van der Waals surface area contributed by atoms with Gasteiger partial charge in [0, 0.05) is 0 Å². The Balaban J connectivity index is 2.44. The Morgan fingerprint density at radius 3 is 2.47 bits per heavy atom. The monoisotopic (exact) mass is 245 g/mol. The summed E-state index contributed by atoms with van der Waals surface area (Å²) in [4.78, 5) is 3.09. The van der Waals surface area contributed by atoms with Crippen LogP contribution < -0.4 is 0 Å². The van der Waals surface area contributed by atoms with E-state index in [2.05, 4.69) is 10.1 Å². The van der Waals surface area contributed by atoms with Crippen LogP contribution in [0.3, 0.4) is 0 Å². The van der Waals surface area contributed by atoms with E-state index in [0.29, 0.717) is 5.56 Å². The van der Waals surface area contributed by atoms with Crippen LogP contribution in [0.2, 0.25) is 0 Å². The molecule has 0 bridgehead atoms. The Hall–Kier alpha value is -1.92. The molecule has 0 saturated carbocycles. The van der Waals surface area contributed by atoms with Crippen molar-refractivity contribution in [1.29, 1.82) is 0 Å². The fourth-order valence-electron chi connectivity index (χ4n) is 1.31. The number of nitrogens with zero attached hydrogens (tertiary/aromatic N) is 3. The summed E-state index contributed by atoms with van der Waals surface area (Å²) in [5.41, 5.74) is 0.598. The third-order valence-corrected chi connectivity index (χ3v) is 2.10. The minimum absolute atomic E-state index is 0.0707. The number of hydrogen-bond acceptors (Lipinski definition) is 2. The second-order valence-electron chi connectivity index (χ2n) is 3.47. The molecule has 2 aromatic rings. The molecule has 1 aromatic heterocycles. The van der Waals surface area contributed by atoms with Crippen molar-refractivity contribution in [3.63, 3.8) is 0 Å². The van der Waals surface area contributed by atoms with E-state index in [1.807, 2.05) is 0 Å². The van der Waals surface area contributed by atoms with Crippen molar-refractivity contribution >= 4 is 0 Å². The summed E-state index contributed by atoms with van der Waals surface area (Å²) >= 11 is 0. The Morgan fingerprint density at radius 2 is 1.94 bits per heavy atom. The molecular weight excluding hydrogens is 238 g/mol. The minimum Gasteiger partial charge on any atom is -0.217 e. The highest BCUT2D eigenvalue weighted by atomic mass is 19.4. The van der Waals surface area contributed by atoms with Crippen molar-refractivity contribution in [3.8, 4) is 5.69 Å². The lowest BCUT2D eigenvalue weighted by Gasteiger charge is -2.03. The third-order valence-electron chi connectivity index (χ3n) is 2.10. The molecule has 0 unspecified atom stereocenters. The fourth-order valence-corrected chi connectivity index (χ4v) is 1.31.